The second-order valence-electron chi connectivity index (χ2n) is 6.60. The van der Waals surface area contributed by atoms with Gasteiger partial charge in [-0.2, -0.15) is 0 Å². The van der Waals surface area contributed by atoms with Crippen LogP contribution in [0.1, 0.15) is 25.0 Å². The summed E-state index contributed by atoms with van der Waals surface area (Å²) in [5, 5.41) is 10.0. The SMILES string of the molecule is Cc1cccc(CN2CCN(CC(O)COC(C)C)CC2)c1. The van der Waals surface area contributed by atoms with Crippen molar-refractivity contribution in [3.8, 4) is 0 Å². The number of β-amino-alcohol motifs (C(OH)–C–C–N with tert-alkyl or cyclic N) is 1. The van der Waals surface area contributed by atoms with E-state index in [0.717, 1.165) is 32.7 Å². The average molecular weight is 306 g/mol. The van der Waals surface area contributed by atoms with Gasteiger partial charge in [-0.3, -0.25) is 9.80 Å². The molecule has 1 aromatic carbocycles. The molecule has 0 aliphatic carbocycles. The highest BCUT2D eigenvalue weighted by molar-refractivity contribution is 5.22. The second kappa shape index (κ2) is 8.63. The number of piperazine rings is 1. The van der Waals surface area contributed by atoms with Crippen molar-refractivity contribution in [1.29, 1.82) is 0 Å². The summed E-state index contributed by atoms with van der Waals surface area (Å²) in [6, 6.07) is 8.74. The molecule has 124 valence electrons. The average Bonchev–Trinajstić information content (AvgIpc) is 2.47. The summed E-state index contributed by atoms with van der Waals surface area (Å²) < 4.78 is 5.47. The number of hydrogen-bond acceptors (Lipinski definition) is 4. The van der Waals surface area contributed by atoms with Crippen LogP contribution in [0.2, 0.25) is 0 Å². The Kier molecular flexibility index (Phi) is 6.83. The Morgan fingerprint density at radius 3 is 2.45 bits per heavy atom. The molecular formula is C18H30N2O2. The minimum absolute atomic E-state index is 0.181. The van der Waals surface area contributed by atoms with E-state index in [1.807, 2.05) is 13.8 Å². The number of aliphatic hydroxyl groups is 1. The lowest BCUT2D eigenvalue weighted by atomic mass is 10.1. The van der Waals surface area contributed by atoms with E-state index in [4.69, 9.17) is 4.74 Å². The van der Waals surface area contributed by atoms with E-state index in [9.17, 15) is 5.11 Å². The molecule has 2 rings (SSSR count). The zero-order valence-corrected chi connectivity index (χ0v) is 14.2. The van der Waals surface area contributed by atoms with Gasteiger partial charge in [-0.1, -0.05) is 29.8 Å². The predicted octanol–water partition coefficient (Wildman–Crippen LogP) is 1.90. The largest absolute Gasteiger partial charge is 0.389 e. The van der Waals surface area contributed by atoms with Crippen LogP contribution in [0.4, 0.5) is 0 Å². The maximum atomic E-state index is 10.0. The predicted molar refractivity (Wildman–Crippen MR) is 90.0 cm³/mol. The molecule has 1 unspecified atom stereocenters. The molecular weight excluding hydrogens is 276 g/mol. The zero-order chi connectivity index (χ0) is 15.9. The van der Waals surface area contributed by atoms with Crippen LogP contribution in [0, 0.1) is 6.92 Å². The normalized spacial score (nSPS) is 18.8. The van der Waals surface area contributed by atoms with Crippen LogP contribution in [0.15, 0.2) is 24.3 Å². The molecule has 4 nitrogen and oxygen atoms in total. The Labute approximate surface area is 134 Å². The summed E-state index contributed by atoms with van der Waals surface area (Å²) in [4.78, 5) is 4.82. The summed E-state index contributed by atoms with van der Waals surface area (Å²) in [5.41, 5.74) is 2.71. The number of aryl methyl sites for hydroxylation is 1. The fourth-order valence-corrected chi connectivity index (χ4v) is 2.85. The Balaban J connectivity index is 1.69. The van der Waals surface area contributed by atoms with Crippen LogP contribution in [-0.4, -0.2) is 66.4 Å². The molecule has 0 amide bonds. The van der Waals surface area contributed by atoms with E-state index < -0.39 is 0 Å². The molecule has 1 fully saturated rings. The summed E-state index contributed by atoms with van der Waals surface area (Å²) in [7, 11) is 0. The van der Waals surface area contributed by atoms with Crippen molar-refractivity contribution in [3.05, 3.63) is 35.4 Å². The van der Waals surface area contributed by atoms with Gasteiger partial charge in [0.15, 0.2) is 0 Å². The fourth-order valence-electron chi connectivity index (χ4n) is 2.85. The first-order chi connectivity index (χ1) is 10.5. The van der Waals surface area contributed by atoms with Gasteiger partial charge in [-0.15, -0.1) is 0 Å². The highest BCUT2D eigenvalue weighted by Gasteiger charge is 2.19. The highest BCUT2D eigenvalue weighted by atomic mass is 16.5. The van der Waals surface area contributed by atoms with E-state index >= 15 is 0 Å². The molecule has 0 aromatic heterocycles. The van der Waals surface area contributed by atoms with Crippen LogP contribution in [0.3, 0.4) is 0 Å². The van der Waals surface area contributed by atoms with E-state index in [0.29, 0.717) is 13.2 Å². The molecule has 1 aromatic rings. The van der Waals surface area contributed by atoms with Gasteiger partial charge in [0.2, 0.25) is 0 Å². The summed E-state index contributed by atoms with van der Waals surface area (Å²) in [6.45, 7) is 12.5. The molecule has 1 aliphatic rings. The minimum atomic E-state index is -0.384. The van der Waals surface area contributed by atoms with Gasteiger partial charge >= 0.3 is 0 Å². The molecule has 4 heteroatoms. The molecule has 0 spiro atoms. The van der Waals surface area contributed by atoms with E-state index in [1.54, 1.807) is 0 Å². The molecule has 0 radical (unpaired) electrons. The molecule has 1 N–H and O–H groups in total. The lowest BCUT2D eigenvalue weighted by Crippen LogP contribution is -2.48. The van der Waals surface area contributed by atoms with Crippen molar-refractivity contribution in [2.75, 3.05) is 39.3 Å². The first-order valence-electron chi connectivity index (χ1n) is 8.33. The van der Waals surface area contributed by atoms with Crippen molar-refractivity contribution in [3.63, 3.8) is 0 Å². The number of hydrogen-bond donors (Lipinski definition) is 1. The molecule has 1 saturated heterocycles. The number of ether oxygens (including phenoxy) is 1. The van der Waals surface area contributed by atoms with Crippen LogP contribution in [0.25, 0.3) is 0 Å². The fraction of sp³-hybridized carbons (Fsp3) is 0.667. The van der Waals surface area contributed by atoms with Gasteiger partial charge in [0, 0.05) is 39.3 Å². The first-order valence-corrected chi connectivity index (χ1v) is 8.33. The Bertz CT molecular complexity index is 442. The van der Waals surface area contributed by atoms with Crippen molar-refractivity contribution >= 4 is 0 Å². The van der Waals surface area contributed by atoms with Crippen LogP contribution in [-0.2, 0) is 11.3 Å². The molecule has 0 saturated carbocycles. The first kappa shape index (κ1) is 17.4. The molecule has 22 heavy (non-hydrogen) atoms. The zero-order valence-electron chi connectivity index (χ0n) is 14.2. The third-order valence-corrected chi connectivity index (χ3v) is 4.04. The van der Waals surface area contributed by atoms with Crippen molar-refractivity contribution in [1.82, 2.24) is 9.80 Å². The van der Waals surface area contributed by atoms with Gasteiger partial charge in [0.1, 0.15) is 0 Å². The van der Waals surface area contributed by atoms with Gasteiger partial charge in [-0.05, 0) is 26.3 Å². The van der Waals surface area contributed by atoms with E-state index in [1.165, 1.54) is 11.1 Å². The van der Waals surface area contributed by atoms with Gasteiger partial charge in [0.25, 0.3) is 0 Å². The quantitative estimate of drug-likeness (QED) is 0.835. The van der Waals surface area contributed by atoms with Crippen molar-refractivity contribution in [2.24, 2.45) is 0 Å². The molecule has 0 bridgehead atoms. The van der Waals surface area contributed by atoms with Crippen molar-refractivity contribution in [2.45, 2.75) is 39.5 Å². The lowest BCUT2D eigenvalue weighted by molar-refractivity contribution is -0.0148. The number of aliphatic hydroxyl groups excluding tert-OH is 1. The van der Waals surface area contributed by atoms with Gasteiger partial charge < -0.3 is 9.84 Å². The van der Waals surface area contributed by atoms with E-state index in [2.05, 4.69) is 41.0 Å². The van der Waals surface area contributed by atoms with Gasteiger partial charge in [0.05, 0.1) is 18.8 Å². The third kappa shape index (κ3) is 6.05. The molecule has 1 aliphatic heterocycles. The number of benzene rings is 1. The maximum Gasteiger partial charge on any atom is 0.0900 e. The van der Waals surface area contributed by atoms with Gasteiger partial charge in [-0.25, -0.2) is 0 Å². The maximum absolute atomic E-state index is 10.0. The lowest BCUT2D eigenvalue weighted by Gasteiger charge is -2.35. The molecule has 1 atom stereocenters. The monoisotopic (exact) mass is 306 g/mol. The Morgan fingerprint density at radius 2 is 1.82 bits per heavy atom. The minimum Gasteiger partial charge on any atom is -0.389 e. The molecule has 1 heterocycles. The van der Waals surface area contributed by atoms with Crippen LogP contribution < -0.4 is 0 Å². The topological polar surface area (TPSA) is 35.9 Å². The summed E-state index contributed by atoms with van der Waals surface area (Å²) in [5.74, 6) is 0. The van der Waals surface area contributed by atoms with Crippen LogP contribution >= 0.6 is 0 Å². The smallest absolute Gasteiger partial charge is 0.0900 e. The van der Waals surface area contributed by atoms with Crippen molar-refractivity contribution < 1.29 is 9.84 Å². The Morgan fingerprint density at radius 1 is 1.14 bits per heavy atom. The summed E-state index contributed by atoms with van der Waals surface area (Å²) >= 11 is 0. The van der Waals surface area contributed by atoms with Crippen LogP contribution in [0.5, 0.6) is 0 Å². The standard InChI is InChI=1S/C18H30N2O2/c1-15(2)22-14-18(21)13-20-9-7-19(8-10-20)12-17-6-4-5-16(3)11-17/h4-6,11,15,18,21H,7-10,12-14H2,1-3H3. The third-order valence-electron chi connectivity index (χ3n) is 4.04. The number of nitrogens with zero attached hydrogens (tertiary/aromatic N) is 2. The summed E-state index contributed by atoms with van der Waals surface area (Å²) in [6.07, 6.45) is -0.202. The highest BCUT2D eigenvalue weighted by Crippen LogP contribution is 2.10. The van der Waals surface area contributed by atoms with E-state index in [-0.39, 0.29) is 12.2 Å². The Hall–Kier alpha value is -0.940. The second-order valence-corrected chi connectivity index (χ2v) is 6.60. The number of rotatable bonds is 7.